The van der Waals surface area contributed by atoms with E-state index in [2.05, 4.69) is 10.3 Å². The monoisotopic (exact) mass is 467 g/mol. The number of carbonyl (C=O) groups excluding carboxylic acids is 1. The number of hydrogen-bond donors (Lipinski definition) is 2. The third kappa shape index (κ3) is 4.59. The van der Waals surface area contributed by atoms with Crippen molar-refractivity contribution in [3.8, 4) is 22.9 Å². The maximum absolute atomic E-state index is 13.2. The number of ether oxygens (including phenoxy) is 1. The summed E-state index contributed by atoms with van der Waals surface area (Å²) in [4.78, 5) is 16.8. The zero-order valence-electron chi connectivity index (χ0n) is 18.2. The molecule has 0 aliphatic heterocycles. The largest absolute Gasteiger partial charge is 0.504 e. The smallest absolute Gasteiger partial charge is 0.419 e. The Labute approximate surface area is 193 Å². The average molecular weight is 467 g/mol. The predicted octanol–water partition coefficient (Wildman–Crippen LogP) is 6.26. The summed E-state index contributed by atoms with van der Waals surface area (Å²) in [6.45, 7) is 3.76. The molecule has 0 unspecified atom stereocenters. The minimum atomic E-state index is -4.55. The fourth-order valence-corrected chi connectivity index (χ4v) is 3.55. The quantitative estimate of drug-likeness (QED) is 0.363. The summed E-state index contributed by atoms with van der Waals surface area (Å²) in [5.74, 6) is -1.08. The highest BCUT2D eigenvalue weighted by molar-refractivity contribution is 6.05. The van der Waals surface area contributed by atoms with Crippen LogP contribution < -0.4 is 10.1 Å². The molecule has 0 saturated carbocycles. The van der Waals surface area contributed by atoms with E-state index >= 15 is 0 Å². The van der Waals surface area contributed by atoms with Gasteiger partial charge in [-0.1, -0.05) is 12.1 Å². The predicted molar refractivity (Wildman–Crippen MR) is 121 cm³/mol. The Kier molecular flexibility index (Phi) is 6.02. The molecule has 0 saturated heterocycles. The average Bonchev–Trinajstić information content (AvgIpc) is 3.13. The van der Waals surface area contributed by atoms with E-state index in [1.54, 1.807) is 10.6 Å². The first-order valence-corrected chi connectivity index (χ1v) is 10.2. The highest BCUT2D eigenvalue weighted by Crippen LogP contribution is 2.38. The van der Waals surface area contributed by atoms with Gasteiger partial charge in [0.25, 0.3) is 5.91 Å². The lowest BCUT2D eigenvalue weighted by molar-refractivity contribution is -0.138. The number of pyridine rings is 1. The van der Waals surface area contributed by atoms with E-state index < -0.39 is 17.6 Å². The lowest BCUT2D eigenvalue weighted by Crippen LogP contribution is -2.15. The highest BCUT2D eigenvalue weighted by Gasteiger charge is 2.34. The number of alkyl halides is 3. The van der Waals surface area contributed by atoms with E-state index in [0.29, 0.717) is 11.4 Å². The molecule has 0 fully saturated rings. The van der Waals surface area contributed by atoms with Crippen LogP contribution in [0.25, 0.3) is 5.69 Å². The Bertz CT molecular complexity index is 1330. The van der Waals surface area contributed by atoms with Gasteiger partial charge in [-0.25, -0.2) is 4.98 Å². The summed E-state index contributed by atoms with van der Waals surface area (Å²) < 4.78 is 46.7. The van der Waals surface area contributed by atoms with Crippen LogP contribution in [0.1, 0.15) is 27.4 Å². The van der Waals surface area contributed by atoms with Crippen LogP contribution in [0.5, 0.6) is 17.2 Å². The van der Waals surface area contributed by atoms with Gasteiger partial charge < -0.3 is 19.7 Å². The van der Waals surface area contributed by atoms with Crippen LogP contribution >= 0.6 is 0 Å². The molecule has 2 N–H and O–H groups in total. The number of aromatic hydroxyl groups is 1. The summed E-state index contributed by atoms with van der Waals surface area (Å²) in [7, 11) is 0. The fraction of sp³-hybridized carbons (Fsp3) is 0.120. The number of nitrogens with zero attached hydrogens (tertiary/aromatic N) is 2. The van der Waals surface area contributed by atoms with Crippen molar-refractivity contribution in [1.82, 2.24) is 9.55 Å². The summed E-state index contributed by atoms with van der Waals surface area (Å²) in [5, 5.41) is 13.3. The molecule has 2 aromatic heterocycles. The number of nitrogens with one attached hydrogen (secondary N) is 1. The molecule has 34 heavy (non-hydrogen) atoms. The summed E-state index contributed by atoms with van der Waals surface area (Å²) >= 11 is 0. The zero-order valence-corrected chi connectivity index (χ0v) is 18.2. The number of halogens is 3. The first-order chi connectivity index (χ1) is 16.1. The number of hydrogen-bond acceptors (Lipinski definition) is 4. The van der Waals surface area contributed by atoms with Crippen LogP contribution in [0.4, 0.5) is 18.9 Å². The van der Waals surface area contributed by atoms with Crippen molar-refractivity contribution in [1.29, 1.82) is 0 Å². The normalized spacial score (nSPS) is 11.3. The van der Waals surface area contributed by atoms with Gasteiger partial charge in [0.2, 0.25) is 0 Å². The van der Waals surface area contributed by atoms with Crippen molar-refractivity contribution in [3.63, 3.8) is 0 Å². The minimum Gasteiger partial charge on any atom is -0.504 e. The number of aromatic nitrogens is 2. The molecule has 0 atom stereocenters. The first-order valence-electron chi connectivity index (χ1n) is 10.2. The molecule has 0 aliphatic carbocycles. The molecular weight excluding hydrogens is 447 g/mol. The molecule has 1 amide bonds. The van der Waals surface area contributed by atoms with Crippen LogP contribution in [0, 0.1) is 13.8 Å². The Morgan fingerprint density at radius 3 is 2.26 bits per heavy atom. The van der Waals surface area contributed by atoms with Gasteiger partial charge in [-0.05, 0) is 68.4 Å². The number of benzene rings is 2. The second-order valence-corrected chi connectivity index (χ2v) is 7.55. The molecule has 2 heterocycles. The molecule has 0 radical (unpaired) electrons. The summed E-state index contributed by atoms with van der Waals surface area (Å²) in [5.41, 5.74) is 1.49. The highest BCUT2D eigenvalue weighted by atomic mass is 19.4. The molecule has 4 rings (SSSR count). The first kappa shape index (κ1) is 22.9. The van der Waals surface area contributed by atoms with Gasteiger partial charge in [-0.2, -0.15) is 13.2 Å². The Hall–Kier alpha value is -4.27. The zero-order chi connectivity index (χ0) is 24.5. The van der Waals surface area contributed by atoms with Crippen molar-refractivity contribution in [2.24, 2.45) is 0 Å². The van der Waals surface area contributed by atoms with Crippen LogP contribution in [0.15, 0.2) is 72.9 Å². The summed E-state index contributed by atoms with van der Waals surface area (Å²) in [6, 6.07) is 16.1. The van der Waals surface area contributed by atoms with E-state index in [0.717, 1.165) is 17.5 Å². The van der Waals surface area contributed by atoms with E-state index in [9.17, 15) is 23.1 Å². The van der Waals surface area contributed by atoms with Gasteiger partial charge in [0.1, 0.15) is 11.5 Å². The Morgan fingerprint density at radius 1 is 0.971 bits per heavy atom. The minimum absolute atomic E-state index is 0.163. The SMILES string of the molecule is Cc1ccc(C)n1-c1ccnc(C(=O)Nc2ccc(Oc3ccccc3C(F)(F)F)cc2)c1O. The molecule has 174 valence electrons. The van der Waals surface area contributed by atoms with Crippen LogP contribution in [0.2, 0.25) is 0 Å². The van der Waals surface area contributed by atoms with Gasteiger partial charge in [-0.15, -0.1) is 0 Å². The maximum Gasteiger partial charge on any atom is 0.419 e. The third-order valence-corrected chi connectivity index (χ3v) is 5.16. The Morgan fingerprint density at radius 2 is 1.62 bits per heavy atom. The molecular formula is C25H20F3N3O3. The second kappa shape index (κ2) is 8.93. The number of aryl methyl sites for hydroxylation is 2. The van der Waals surface area contributed by atoms with Crippen molar-refractivity contribution in [2.45, 2.75) is 20.0 Å². The lowest BCUT2D eigenvalue weighted by Gasteiger charge is -2.14. The van der Waals surface area contributed by atoms with E-state index in [1.807, 2.05) is 26.0 Å². The van der Waals surface area contributed by atoms with Crippen LogP contribution in [-0.4, -0.2) is 20.6 Å². The van der Waals surface area contributed by atoms with E-state index in [4.69, 9.17) is 4.74 Å². The number of carbonyl (C=O) groups is 1. The van der Waals surface area contributed by atoms with Gasteiger partial charge in [-0.3, -0.25) is 4.79 Å². The van der Waals surface area contributed by atoms with Gasteiger partial charge in [0.05, 0.1) is 11.3 Å². The fourth-order valence-electron chi connectivity index (χ4n) is 3.55. The van der Waals surface area contributed by atoms with Gasteiger partial charge in [0.15, 0.2) is 11.4 Å². The molecule has 0 spiro atoms. The topological polar surface area (TPSA) is 76.4 Å². The number of amides is 1. The van der Waals surface area contributed by atoms with Crippen molar-refractivity contribution in [3.05, 3.63) is 95.6 Å². The number of anilines is 1. The molecule has 2 aromatic carbocycles. The van der Waals surface area contributed by atoms with Gasteiger partial charge in [0, 0.05) is 23.3 Å². The maximum atomic E-state index is 13.2. The second-order valence-electron chi connectivity index (χ2n) is 7.55. The van der Waals surface area contributed by atoms with Crippen molar-refractivity contribution in [2.75, 3.05) is 5.32 Å². The number of rotatable bonds is 5. The molecule has 6 nitrogen and oxygen atoms in total. The lowest BCUT2D eigenvalue weighted by atomic mass is 10.2. The molecule has 0 bridgehead atoms. The summed E-state index contributed by atoms with van der Waals surface area (Å²) in [6.07, 6.45) is -3.12. The van der Waals surface area contributed by atoms with Gasteiger partial charge >= 0.3 is 6.18 Å². The van der Waals surface area contributed by atoms with Crippen LogP contribution in [-0.2, 0) is 6.18 Å². The standard InChI is InChI=1S/C25H20F3N3O3/c1-15-7-8-16(2)31(15)20-13-14-29-22(23(20)32)24(33)30-17-9-11-18(12-10-17)34-21-6-4-3-5-19(21)25(26,27)28/h3-14,32H,1-2H3,(H,30,33). The van der Waals surface area contributed by atoms with Crippen molar-refractivity contribution < 1.29 is 27.8 Å². The van der Waals surface area contributed by atoms with E-state index in [-0.39, 0.29) is 22.9 Å². The molecule has 4 aromatic rings. The Balaban J connectivity index is 1.52. The third-order valence-electron chi connectivity index (χ3n) is 5.16. The van der Waals surface area contributed by atoms with E-state index in [1.165, 1.54) is 48.7 Å². The van der Waals surface area contributed by atoms with Crippen LogP contribution in [0.3, 0.4) is 0 Å². The molecule has 9 heteroatoms. The number of para-hydroxylation sites is 1. The molecule has 0 aliphatic rings. The van der Waals surface area contributed by atoms with Crippen molar-refractivity contribution >= 4 is 11.6 Å².